The van der Waals surface area contributed by atoms with Crippen molar-refractivity contribution in [1.82, 2.24) is 15.1 Å². The van der Waals surface area contributed by atoms with Gasteiger partial charge in [0.05, 0.1) is 20.8 Å². The van der Waals surface area contributed by atoms with Gasteiger partial charge in [0.25, 0.3) is 5.91 Å². The van der Waals surface area contributed by atoms with E-state index >= 15 is 0 Å². The summed E-state index contributed by atoms with van der Waals surface area (Å²) in [7, 11) is 0. The van der Waals surface area contributed by atoms with Crippen molar-refractivity contribution in [3.63, 3.8) is 0 Å². The Hall–Kier alpha value is -1.14. The number of benzene rings is 1. The Labute approximate surface area is 213 Å². The van der Waals surface area contributed by atoms with Gasteiger partial charge in [-0.05, 0) is 73.1 Å². The normalized spacial score (nSPS) is 30.9. The van der Waals surface area contributed by atoms with Gasteiger partial charge in [-0.1, -0.05) is 48.7 Å². The van der Waals surface area contributed by atoms with Crippen LogP contribution in [0.25, 0.3) is 5.69 Å². The van der Waals surface area contributed by atoms with Crippen LogP contribution in [0.1, 0.15) is 60.8 Å². The maximum atomic E-state index is 13.4. The van der Waals surface area contributed by atoms with Gasteiger partial charge in [0.2, 0.25) is 0 Å². The lowest BCUT2D eigenvalue weighted by atomic mass is 9.45. The quantitative estimate of drug-likeness (QED) is 0.479. The summed E-state index contributed by atoms with van der Waals surface area (Å²) in [4.78, 5) is 13.4. The molecule has 33 heavy (non-hydrogen) atoms. The third kappa shape index (κ3) is 3.49. The molecule has 5 aliphatic rings. The molecule has 5 atom stereocenters. The molecule has 1 amide bonds. The maximum absolute atomic E-state index is 13.4. The minimum atomic E-state index is -0.0885. The van der Waals surface area contributed by atoms with E-state index in [4.69, 9.17) is 39.9 Å². The van der Waals surface area contributed by atoms with Crippen LogP contribution in [0.3, 0.4) is 0 Å². The number of amides is 1. The molecule has 1 aliphatic heterocycles. The first-order chi connectivity index (χ1) is 15.7. The highest BCUT2D eigenvalue weighted by atomic mass is 35.5. The molecule has 0 spiro atoms. The van der Waals surface area contributed by atoms with Crippen molar-refractivity contribution in [3.05, 3.63) is 55.6 Å². The lowest BCUT2D eigenvalue weighted by Gasteiger charge is -2.60. The van der Waals surface area contributed by atoms with Gasteiger partial charge in [0.15, 0.2) is 5.69 Å². The number of halogens is 3. The van der Waals surface area contributed by atoms with Crippen LogP contribution in [-0.2, 0) is 6.42 Å². The highest BCUT2D eigenvalue weighted by molar-refractivity contribution is 8.05. The largest absolute Gasteiger partial charge is 0.350 e. The molecule has 8 heteroatoms. The first-order valence-corrected chi connectivity index (χ1v) is 13.6. The van der Waals surface area contributed by atoms with E-state index in [1.807, 2.05) is 10.7 Å². The summed E-state index contributed by atoms with van der Waals surface area (Å²) in [5.41, 5.74) is 3.67. The highest BCUT2D eigenvalue weighted by Crippen LogP contribution is 2.61. The molecule has 2 heterocycles. The van der Waals surface area contributed by atoms with Gasteiger partial charge in [-0.25, -0.2) is 4.68 Å². The van der Waals surface area contributed by atoms with Gasteiger partial charge in [-0.3, -0.25) is 4.79 Å². The predicted molar refractivity (Wildman–Crippen MR) is 136 cm³/mol. The summed E-state index contributed by atoms with van der Waals surface area (Å²) < 4.78 is 2.63. The third-order valence-corrected chi connectivity index (χ3v) is 10.7. The van der Waals surface area contributed by atoms with Crippen molar-refractivity contribution in [2.75, 3.05) is 6.54 Å². The summed E-state index contributed by atoms with van der Waals surface area (Å²) in [6.45, 7) is 5.49. The Morgan fingerprint density at radius 3 is 2.82 bits per heavy atom. The number of carbonyl (C=O) groups excluding carboxylic acids is 1. The number of allylic oxidation sites excluding steroid dienone is 1. The number of nitrogens with one attached hydrogen (secondary N) is 1. The van der Waals surface area contributed by atoms with Crippen molar-refractivity contribution in [2.45, 2.75) is 50.7 Å². The molecule has 4 aliphatic carbocycles. The van der Waals surface area contributed by atoms with Gasteiger partial charge >= 0.3 is 0 Å². The Balaban J connectivity index is 1.31. The van der Waals surface area contributed by atoms with E-state index in [1.54, 1.807) is 23.9 Å². The van der Waals surface area contributed by atoms with E-state index in [0.29, 0.717) is 38.2 Å². The van der Waals surface area contributed by atoms with Crippen LogP contribution in [0.4, 0.5) is 0 Å². The number of fused-ring (bicyclic) bond motifs is 5. The number of hydrogen-bond donors (Lipinski definition) is 1. The zero-order valence-corrected chi connectivity index (χ0v) is 21.7. The van der Waals surface area contributed by atoms with Crippen LogP contribution >= 0.6 is 46.6 Å². The van der Waals surface area contributed by atoms with Crippen molar-refractivity contribution < 1.29 is 4.79 Å². The van der Waals surface area contributed by atoms with Crippen molar-refractivity contribution in [1.29, 1.82) is 0 Å². The Kier molecular flexibility index (Phi) is 5.37. The van der Waals surface area contributed by atoms with Crippen molar-refractivity contribution in [2.24, 2.45) is 23.2 Å². The Bertz CT molecular complexity index is 1190. The number of hydrogen-bond acceptors (Lipinski definition) is 3. The molecule has 5 unspecified atom stereocenters. The molecule has 2 aromatic rings. The fourth-order valence-corrected chi connectivity index (χ4v) is 8.76. The molecule has 3 saturated carbocycles. The number of aromatic nitrogens is 2. The SMILES string of the molecule is CC1(C)C2CCC(CNC(=O)c3nn(-c4ccc(Cl)cc4Cl)c4c3CC3SC(Cl)=CC43)C1C2. The van der Waals surface area contributed by atoms with Crippen LogP contribution in [0.2, 0.25) is 10.0 Å². The molecular weight excluding hydrogens is 497 g/mol. The lowest BCUT2D eigenvalue weighted by Crippen LogP contribution is -2.54. The predicted octanol–water partition coefficient (Wildman–Crippen LogP) is 6.82. The van der Waals surface area contributed by atoms with Crippen LogP contribution in [-0.4, -0.2) is 27.5 Å². The summed E-state index contributed by atoms with van der Waals surface area (Å²) in [5.74, 6) is 2.13. The van der Waals surface area contributed by atoms with Gasteiger partial charge in [-0.15, -0.1) is 11.8 Å². The number of thioether (sulfide) groups is 1. The second-order valence-electron chi connectivity index (χ2n) is 10.5. The minimum absolute atomic E-state index is 0.0885. The van der Waals surface area contributed by atoms with Crippen LogP contribution in [0.5, 0.6) is 0 Å². The first-order valence-electron chi connectivity index (χ1n) is 11.6. The standard InChI is InChI=1S/C25H26Cl3N3OS/c1-25(2)13-4-3-12(17(25)7-13)11-29-24(32)22-16-9-20-15(10-21(28)33-20)23(16)31(30-22)19-6-5-14(26)8-18(19)27/h5-6,8,10,12-13,15,17,20H,3-4,7,9,11H2,1-2H3,(H,29,32). The zero-order valence-electron chi connectivity index (χ0n) is 18.6. The van der Waals surface area contributed by atoms with Crippen LogP contribution in [0, 0.1) is 23.2 Å². The van der Waals surface area contributed by atoms with Crippen molar-refractivity contribution >= 4 is 52.5 Å². The van der Waals surface area contributed by atoms with Gasteiger partial charge in [0, 0.05) is 28.3 Å². The first kappa shape index (κ1) is 22.3. The summed E-state index contributed by atoms with van der Waals surface area (Å²) in [5, 5.41) is 9.40. The molecule has 4 nitrogen and oxygen atoms in total. The van der Waals surface area contributed by atoms with Gasteiger partial charge in [0.1, 0.15) is 0 Å². The fourth-order valence-electron chi connectivity index (χ4n) is 6.67. The topological polar surface area (TPSA) is 46.9 Å². The van der Waals surface area contributed by atoms with Crippen LogP contribution in [0.15, 0.2) is 28.6 Å². The van der Waals surface area contributed by atoms with E-state index in [2.05, 4.69) is 25.2 Å². The third-order valence-electron chi connectivity index (χ3n) is 8.60. The van der Waals surface area contributed by atoms with E-state index in [9.17, 15) is 4.79 Å². The van der Waals surface area contributed by atoms with Crippen molar-refractivity contribution in [3.8, 4) is 5.69 Å². The molecule has 174 valence electrons. The summed E-state index contributed by atoms with van der Waals surface area (Å²) in [6.07, 6.45) is 6.63. The number of nitrogens with zero attached hydrogens (tertiary/aromatic N) is 2. The van der Waals surface area contributed by atoms with Gasteiger partial charge < -0.3 is 5.32 Å². The highest BCUT2D eigenvalue weighted by Gasteiger charge is 2.54. The summed E-state index contributed by atoms with van der Waals surface area (Å²) in [6, 6.07) is 5.37. The fraction of sp³-hybridized carbons (Fsp3) is 0.520. The second kappa shape index (κ2) is 7.94. The number of rotatable bonds is 4. The molecule has 3 fully saturated rings. The Morgan fingerprint density at radius 2 is 2.09 bits per heavy atom. The minimum Gasteiger partial charge on any atom is -0.350 e. The Morgan fingerprint density at radius 1 is 1.27 bits per heavy atom. The lowest BCUT2D eigenvalue weighted by molar-refractivity contribution is -0.103. The molecular formula is C25H26Cl3N3OS. The second-order valence-corrected chi connectivity index (χ2v) is 13.2. The van der Waals surface area contributed by atoms with E-state index < -0.39 is 0 Å². The summed E-state index contributed by atoms with van der Waals surface area (Å²) >= 11 is 20.7. The molecule has 1 N–H and O–H groups in total. The van der Waals surface area contributed by atoms with Crippen LogP contribution < -0.4 is 5.32 Å². The average molecular weight is 523 g/mol. The molecule has 7 rings (SSSR count). The van der Waals surface area contributed by atoms with Gasteiger partial charge in [-0.2, -0.15) is 5.10 Å². The maximum Gasteiger partial charge on any atom is 0.272 e. The molecule has 2 bridgehead atoms. The average Bonchev–Trinajstić information content (AvgIpc) is 3.41. The molecule has 0 saturated heterocycles. The molecule has 1 aromatic carbocycles. The molecule has 1 aromatic heterocycles. The smallest absolute Gasteiger partial charge is 0.272 e. The number of carbonyl (C=O) groups is 1. The van der Waals surface area contributed by atoms with E-state index in [-0.39, 0.29) is 11.8 Å². The molecule has 0 radical (unpaired) electrons. The zero-order chi connectivity index (χ0) is 23.1. The monoisotopic (exact) mass is 521 g/mol. The van der Waals surface area contributed by atoms with E-state index in [0.717, 1.165) is 40.2 Å². The van der Waals surface area contributed by atoms with E-state index in [1.165, 1.54) is 19.3 Å².